The minimum Gasteiger partial charge on any atom is -0.480 e. The van der Waals surface area contributed by atoms with Gasteiger partial charge in [0, 0.05) is 26.2 Å². The number of likely N-dealkylation sites (tertiary alicyclic amines) is 3. The van der Waals surface area contributed by atoms with Crippen LogP contribution in [0.2, 0.25) is 0 Å². The lowest BCUT2D eigenvalue weighted by Crippen LogP contribution is -2.63. The van der Waals surface area contributed by atoms with Crippen molar-refractivity contribution in [2.24, 2.45) is 34.0 Å². The Bertz CT molecular complexity index is 2430. The van der Waals surface area contributed by atoms with Crippen LogP contribution in [-0.4, -0.2) is 242 Å². The van der Waals surface area contributed by atoms with Gasteiger partial charge in [-0.1, -0.05) is 27.7 Å². The average Bonchev–Trinajstić information content (AvgIpc) is 2.28. The van der Waals surface area contributed by atoms with Crippen molar-refractivity contribution in [3.8, 4) is 0 Å². The summed E-state index contributed by atoms with van der Waals surface area (Å²) in [6.07, 6.45) is 0.882. The fourth-order valence-corrected chi connectivity index (χ4v) is 10.7. The van der Waals surface area contributed by atoms with E-state index in [1.165, 1.54) is 54.2 Å². The Balaban J connectivity index is 1.68. The van der Waals surface area contributed by atoms with Gasteiger partial charge in [-0.05, 0) is 116 Å². The number of aliphatic hydroxyl groups excluding tert-OH is 3. The molecule has 0 radical (unpaired) electrons. The van der Waals surface area contributed by atoms with E-state index >= 15 is 0 Å². The molecule has 0 saturated carbocycles. The second-order valence-corrected chi connectivity index (χ2v) is 23.9. The van der Waals surface area contributed by atoms with Crippen molar-refractivity contribution in [2.75, 3.05) is 44.8 Å². The number of carbonyl (C=O) groups excluding carboxylic acids is 11. The first-order valence-corrected chi connectivity index (χ1v) is 30.6. The molecule has 0 aliphatic carbocycles. The Morgan fingerprint density at radius 3 is 1.59 bits per heavy atom. The predicted octanol–water partition coefficient (Wildman–Crippen LogP) is -5.45. The molecular weight excluding hydrogens is 1150 g/mol. The highest BCUT2D eigenvalue weighted by molar-refractivity contribution is 7.98. The summed E-state index contributed by atoms with van der Waals surface area (Å²) >= 11 is 1.46. The SMILES string of the molecule is CSCC[C@H](N)C(=O)N[C@@H](CO)C(=O)N[C@@H](CC(C)C)C(=O)N[C@H](C(=O)N[C@H](C(=O)N1CCC[C@H]1C(=O)N1CCC[C@H]1C(=O)N[C@@H](C)C(=O)N[C@H](C(=O)N[C@@H](C)C(=O)N[C@@H](CCCN=C(N)N)C(=O)N1CCC[C@H]1C(=O)O)C(C)C)[C@@H](C)O)[C@@H](C)O. The third-order valence-electron chi connectivity index (χ3n) is 15.0. The maximum absolute atomic E-state index is 14.4. The zero-order chi connectivity index (χ0) is 64.9. The number of carboxylic acid groups (broad SMARTS) is 1. The van der Waals surface area contributed by atoms with Gasteiger partial charge in [0.2, 0.25) is 65.0 Å². The summed E-state index contributed by atoms with van der Waals surface area (Å²) < 4.78 is 0. The van der Waals surface area contributed by atoms with Gasteiger partial charge in [-0.2, -0.15) is 11.8 Å². The van der Waals surface area contributed by atoms with E-state index in [1.807, 2.05) is 6.26 Å². The van der Waals surface area contributed by atoms with Gasteiger partial charge in [0.05, 0.1) is 24.9 Å². The number of guanidine groups is 1. The Morgan fingerprint density at radius 1 is 0.558 bits per heavy atom. The number of carboxylic acids is 1. The average molecular weight is 1240 g/mol. The van der Waals surface area contributed by atoms with Crippen LogP contribution in [-0.2, 0) is 57.5 Å². The molecule has 0 spiro atoms. The van der Waals surface area contributed by atoms with E-state index in [4.69, 9.17) is 17.2 Å². The van der Waals surface area contributed by atoms with Crippen LogP contribution >= 0.6 is 11.8 Å². The summed E-state index contributed by atoms with van der Waals surface area (Å²) in [7, 11) is 0. The largest absolute Gasteiger partial charge is 0.480 e. The highest BCUT2D eigenvalue weighted by Crippen LogP contribution is 2.27. The van der Waals surface area contributed by atoms with E-state index < -0.39 is 168 Å². The molecule has 0 aromatic carbocycles. The van der Waals surface area contributed by atoms with Crippen LogP contribution in [0, 0.1) is 11.8 Å². The first kappa shape index (κ1) is 73.4. The Kier molecular flexibility index (Phi) is 29.9. The first-order chi connectivity index (χ1) is 40.4. The number of aliphatic imine (C=N–C) groups is 1. The summed E-state index contributed by atoms with van der Waals surface area (Å²) in [4.78, 5) is 170. The number of nitrogens with two attached hydrogens (primary N) is 3. The molecule has 31 nitrogen and oxygen atoms in total. The molecule has 0 unspecified atom stereocenters. The maximum atomic E-state index is 14.4. The van der Waals surface area contributed by atoms with Crippen molar-refractivity contribution in [1.29, 1.82) is 0 Å². The molecule has 18 N–H and O–H groups in total. The van der Waals surface area contributed by atoms with Crippen molar-refractivity contribution in [3.05, 3.63) is 0 Å². The lowest BCUT2D eigenvalue weighted by molar-refractivity contribution is -0.149. The molecule has 3 saturated heterocycles. The number of aliphatic hydroxyl groups is 3. The van der Waals surface area contributed by atoms with Gasteiger partial charge < -0.3 is 94.9 Å². The fraction of sp³-hybridized carbons (Fsp3) is 0.759. The molecule has 11 amide bonds. The highest BCUT2D eigenvalue weighted by atomic mass is 32.2. The van der Waals surface area contributed by atoms with E-state index in [0.29, 0.717) is 31.4 Å². The topological polar surface area (TPSA) is 482 Å². The normalized spacial score (nSPS) is 20.5. The number of thioether (sulfide) groups is 1. The van der Waals surface area contributed by atoms with Gasteiger partial charge in [0.1, 0.15) is 66.5 Å². The molecule has 486 valence electrons. The second kappa shape index (κ2) is 35.0. The summed E-state index contributed by atoms with van der Waals surface area (Å²) in [6.45, 7) is 11.4. The zero-order valence-corrected chi connectivity index (χ0v) is 51.5. The van der Waals surface area contributed by atoms with Crippen LogP contribution in [0.5, 0.6) is 0 Å². The van der Waals surface area contributed by atoms with Crippen LogP contribution in [0.1, 0.15) is 120 Å². The van der Waals surface area contributed by atoms with Crippen molar-refractivity contribution in [1.82, 2.24) is 57.2 Å². The first-order valence-electron chi connectivity index (χ1n) is 29.2. The molecule has 0 aromatic heterocycles. The Morgan fingerprint density at radius 2 is 1.05 bits per heavy atom. The van der Waals surface area contributed by atoms with E-state index in [1.54, 1.807) is 27.7 Å². The molecule has 3 rings (SSSR count). The maximum Gasteiger partial charge on any atom is 0.326 e. The fourth-order valence-electron chi connectivity index (χ4n) is 10.2. The number of hydrogen-bond acceptors (Lipinski definition) is 18. The minimum atomic E-state index is -1.76. The number of amides is 11. The molecule has 32 heteroatoms. The molecule has 0 bridgehead atoms. The summed E-state index contributed by atoms with van der Waals surface area (Å²) in [5.41, 5.74) is 16.8. The molecule has 3 fully saturated rings. The third-order valence-corrected chi connectivity index (χ3v) is 15.7. The van der Waals surface area contributed by atoms with Crippen molar-refractivity contribution in [2.45, 2.75) is 204 Å². The Labute approximate surface area is 505 Å². The molecule has 3 aliphatic heterocycles. The van der Waals surface area contributed by atoms with Crippen LogP contribution in [0.15, 0.2) is 4.99 Å². The summed E-state index contributed by atoms with van der Waals surface area (Å²) in [5.74, 6) is -10.5. The van der Waals surface area contributed by atoms with Crippen molar-refractivity contribution in [3.63, 3.8) is 0 Å². The van der Waals surface area contributed by atoms with Crippen molar-refractivity contribution < 1.29 is 78.0 Å². The van der Waals surface area contributed by atoms with Gasteiger partial charge in [-0.3, -0.25) is 57.7 Å². The Hall–Kier alpha value is -6.90. The highest BCUT2D eigenvalue weighted by Gasteiger charge is 2.46. The van der Waals surface area contributed by atoms with Crippen LogP contribution in [0.25, 0.3) is 0 Å². The zero-order valence-electron chi connectivity index (χ0n) is 50.7. The number of aliphatic carboxylic acids is 1. The van der Waals surface area contributed by atoms with Gasteiger partial charge in [0.15, 0.2) is 5.96 Å². The molecule has 0 aromatic rings. The number of nitrogens with one attached hydrogen (secondary N) is 8. The van der Waals surface area contributed by atoms with Gasteiger partial charge >= 0.3 is 5.97 Å². The number of hydrogen-bond donors (Lipinski definition) is 15. The predicted molar refractivity (Wildman–Crippen MR) is 314 cm³/mol. The molecule has 14 atom stereocenters. The van der Waals surface area contributed by atoms with Crippen LogP contribution in [0.3, 0.4) is 0 Å². The standard InChI is InChI=1S/C54H93N15O16S/c1-26(2)24-34(62-46(77)35(25-70)63-44(75)32(55)18-23-86-9)45(76)65-40(30(7)71)49(80)66-41(31(8)72)52(83)68-21-12-16-37(68)51(82)67-20-11-15-36(67)47(78)59-29(6)43(74)64-39(27(3)4)48(79)60-28(5)42(73)61-33(14-10-19-58-54(56)57)50(81)69-22-13-17-38(69)53(84)85/h26-41,70-72H,10-25,55H2,1-9H3,(H,59,78)(H,60,79)(H,61,73)(H,62,77)(H,63,75)(H,64,74)(H,65,76)(H,66,80)(H,84,85)(H4,56,57,58)/t28-,29-,30+,31+,32-,33-,34-,35-,36-,37-,38-,39-,40-,41-/m0/s1. The third kappa shape index (κ3) is 21.5. The number of rotatable bonds is 33. The molecule has 3 aliphatic rings. The van der Waals surface area contributed by atoms with E-state index in [9.17, 15) is 78.0 Å². The monoisotopic (exact) mass is 1240 g/mol. The van der Waals surface area contributed by atoms with E-state index in [2.05, 4.69) is 47.5 Å². The minimum absolute atomic E-state index is 0.00261. The van der Waals surface area contributed by atoms with E-state index in [0.717, 1.165) is 0 Å². The molecule has 3 heterocycles. The van der Waals surface area contributed by atoms with Crippen LogP contribution in [0.4, 0.5) is 0 Å². The molecule has 86 heavy (non-hydrogen) atoms. The summed E-state index contributed by atoms with van der Waals surface area (Å²) in [6, 6.07) is -15.6. The number of nitrogens with zero attached hydrogens (tertiary/aromatic N) is 4. The van der Waals surface area contributed by atoms with Crippen molar-refractivity contribution >= 4 is 88.7 Å². The summed E-state index contributed by atoms with van der Waals surface area (Å²) in [5, 5.41) is 61.4. The van der Waals surface area contributed by atoms with Gasteiger partial charge in [-0.15, -0.1) is 0 Å². The lowest BCUT2D eigenvalue weighted by atomic mass is 10.0. The second-order valence-electron chi connectivity index (χ2n) is 22.9. The quantitative estimate of drug-likeness (QED) is 0.0166. The van der Waals surface area contributed by atoms with Gasteiger partial charge in [0.25, 0.3) is 0 Å². The molecular formula is C54H93N15O16S. The van der Waals surface area contributed by atoms with Gasteiger partial charge in [-0.25, -0.2) is 4.79 Å². The van der Waals surface area contributed by atoms with E-state index in [-0.39, 0.29) is 76.6 Å². The smallest absolute Gasteiger partial charge is 0.326 e. The van der Waals surface area contributed by atoms with Crippen LogP contribution < -0.4 is 59.7 Å². The lowest BCUT2D eigenvalue weighted by Gasteiger charge is -2.34. The number of carbonyl (C=O) groups is 12.